The molecule has 5 heteroatoms. The second kappa shape index (κ2) is 11.1. The first kappa shape index (κ1) is 26.6. The maximum atomic E-state index is 11.3. The molecule has 0 saturated carbocycles. The van der Waals surface area contributed by atoms with Crippen LogP contribution in [0.4, 0.5) is 5.69 Å². The van der Waals surface area contributed by atoms with Gasteiger partial charge in [0.25, 0.3) is 5.69 Å². The fourth-order valence-corrected chi connectivity index (χ4v) is 7.92. The number of nitrogens with one attached hydrogen (secondary N) is 1. The molecular formula is C30H38N2O2S. The van der Waals surface area contributed by atoms with Crippen molar-refractivity contribution in [2.45, 2.75) is 57.3 Å². The van der Waals surface area contributed by atoms with Crippen LogP contribution in [0, 0.1) is 10.1 Å². The SMILES string of the molecule is CC(C)S(C)(C(C)C)C(C)C.O=[N+]([O-])c1ccccc1-c1c[nH]c2cc(-c3ccccc3)ccc12. The fourth-order valence-electron chi connectivity index (χ4n) is 4.65. The Kier molecular flexibility index (Phi) is 8.44. The highest BCUT2D eigenvalue weighted by molar-refractivity contribution is 8.34. The van der Waals surface area contributed by atoms with Gasteiger partial charge in [0.15, 0.2) is 0 Å². The lowest BCUT2D eigenvalue weighted by Gasteiger charge is -2.48. The molecule has 1 heterocycles. The van der Waals surface area contributed by atoms with Crippen molar-refractivity contribution in [1.82, 2.24) is 4.98 Å². The molecule has 0 amide bonds. The van der Waals surface area contributed by atoms with Gasteiger partial charge in [-0.05, 0) is 45.3 Å². The summed E-state index contributed by atoms with van der Waals surface area (Å²) in [5, 5.41) is 14.9. The van der Waals surface area contributed by atoms with Crippen molar-refractivity contribution in [2.75, 3.05) is 6.26 Å². The number of nitro groups is 1. The minimum Gasteiger partial charge on any atom is -0.361 e. The third kappa shape index (κ3) is 5.62. The molecule has 0 unspecified atom stereocenters. The Bertz CT molecular complexity index is 1250. The van der Waals surface area contributed by atoms with E-state index in [2.05, 4.69) is 71.0 Å². The summed E-state index contributed by atoms with van der Waals surface area (Å²) in [6, 6.07) is 23.1. The van der Waals surface area contributed by atoms with Crippen molar-refractivity contribution < 1.29 is 4.92 Å². The van der Waals surface area contributed by atoms with Crippen LogP contribution in [0.25, 0.3) is 33.2 Å². The van der Waals surface area contributed by atoms with Crippen LogP contribution in [0.15, 0.2) is 79.0 Å². The Balaban J connectivity index is 0.000000266. The maximum absolute atomic E-state index is 11.3. The molecule has 3 aromatic carbocycles. The molecule has 0 saturated heterocycles. The van der Waals surface area contributed by atoms with E-state index in [0.717, 1.165) is 43.3 Å². The molecule has 0 spiro atoms. The van der Waals surface area contributed by atoms with Gasteiger partial charge in [-0.2, -0.15) is 0 Å². The van der Waals surface area contributed by atoms with E-state index in [-0.39, 0.29) is 20.6 Å². The zero-order valence-corrected chi connectivity index (χ0v) is 22.7. The highest BCUT2D eigenvalue weighted by Crippen LogP contribution is 2.56. The van der Waals surface area contributed by atoms with E-state index in [1.54, 1.807) is 12.1 Å². The Labute approximate surface area is 211 Å². The molecule has 0 aliphatic heterocycles. The smallest absolute Gasteiger partial charge is 0.277 e. The van der Waals surface area contributed by atoms with Crippen molar-refractivity contribution >= 4 is 26.6 Å². The molecule has 0 fully saturated rings. The number of hydrogen-bond acceptors (Lipinski definition) is 2. The second-order valence-corrected chi connectivity index (χ2v) is 14.9. The van der Waals surface area contributed by atoms with Crippen molar-refractivity contribution in [3.05, 3.63) is 89.1 Å². The number of para-hydroxylation sites is 1. The van der Waals surface area contributed by atoms with Gasteiger partial charge in [0.2, 0.25) is 0 Å². The summed E-state index contributed by atoms with van der Waals surface area (Å²) >= 11 is 0. The van der Waals surface area contributed by atoms with E-state index in [0.29, 0.717) is 5.56 Å². The molecule has 0 aliphatic rings. The van der Waals surface area contributed by atoms with Gasteiger partial charge >= 0.3 is 0 Å². The predicted octanol–water partition coefficient (Wildman–Crippen LogP) is 9.06. The second-order valence-electron chi connectivity index (χ2n) is 9.86. The molecule has 0 atom stereocenters. The number of rotatable bonds is 6. The number of aromatic amines is 1. The maximum Gasteiger partial charge on any atom is 0.277 e. The van der Waals surface area contributed by atoms with E-state index in [1.165, 1.54) is 6.07 Å². The van der Waals surface area contributed by atoms with E-state index in [1.807, 2.05) is 42.6 Å². The Morgan fingerprint density at radius 1 is 0.743 bits per heavy atom. The van der Waals surface area contributed by atoms with Gasteiger partial charge in [0.05, 0.1) is 10.5 Å². The Hall–Kier alpha value is -3.05. The van der Waals surface area contributed by atoms with Crippen LogP contribution in [0.2, 0.25) is 0 Å². The topological polar surface area (TPSA) is 58.9 Å². The number of hydrogen-bond donors (Lipinski definition) is 1. The zero-order chi connectivity index (χ0) is 25.8. The summed E-state index contributed by atoms with van der Waals surface area (Å²) in [6.45, 7) is 14.2. The largest absolute Gasteiger partial charge is 0.361 e. The first-order chi connectivity index (χ1) is 16.6. The Morgan fingerprint density at radius 2 is 1.31 bits per heavy atom. The summed E-state index contributed by atoms with van der Waals surface area (Å²) in [6.07, 6.45) is 4.33. The van der Waals surface area contributed by atoms with Crippen LogP contribution >= 0.6 is 10.0 Å². The van der Waals surface area contributed by atoms with E-state index in [9.17, 15) is 10.1 Å². The number of nitro benzene ring substituents is 1. The van der Waals surface area contributed by atoms with Crippen LogP contribution in [0.1, 0.15) is 41.5 Å². The van der Waals surface area contributed by atoms with Crippen LogP contribution in [-0.4, -0.2) is 31.9 Å². The van der Waals surface area contributed by atoms with Gasteiger partial charge < -0.3 is 4.98 Å². The molecule has 35 heavy (non-hydrogen) atoms. The number of nitrogens with zero attached hydrogens (tertiary/aromatic N) is 1. The van der Waals surface area contributed by atoms with E-state index in [4.69, 9.17) is 0 Å². The van der Waals surface area contributed by atoms with Crippen LogP contribution in [-0.2, 0) is 0 Å². The summed E-state index contributed by atoms with van der Waals surface area (Å²) in [7, 11) is -0.389. The molecule has 4 rings (SSSR count). The van der Waals surface area contributed by atoms with Crippen LogP contribution in [0.3, 0.4) is 0 Å². The highest BCUT2D eigenvalue weighted by Gasteiger charge is 2.29. The number of H-pyrrole nitrogens is 1. The lowest BCUT2D eigenvalue weighted by atomic mass is 10.00. The monoisotopic (exact) mass is 490 g/mol. The minimum atomic E-state index is -0.389. The van der Waals surface area contributed by atoms with E-state index < -0.39 is 0 Å². The Morgan fingerprint density at radius 3 is 1.86 bits per heavy atom. The van der Waals surface area contributed by atoms with Gasteiger partial charge in [-0.1, -0.05) is 96.1 Å². The quantitative estimate of drug-likeness (QED) is 0.216. The molecule has 4 aromatic rings. The fraction of sp³-hybridized carbons (Fsp3) is 0.333. The molecule has 0 bridgehead atoms. The predicted molar refractivity (Wildman–Crippen MR) is 155 cm³/mol. The molecule has 0 aliphatic carbocycles. The third-order valence-corrected chi connectivity index (χ3v) is 13.3. The highest BCUT2D eigenvalue weighted by atomic mass is 32.3. The summed E-state index contributed by atoms with van der Waals surface area (Å²) < 4.78 is 0. The van der Waals surface area contributed by atoms with E-state index >= 15 is 0 Å². The first-order valence-corrected chi connectivity index (χ1v) is 14.5. The number of benzene rings is 3. The van der Waals surface area contributed by atoms with Crippen molar-refractivity contribution in [3.8, 4) is 22.3 Å². The average Bonchev–Trinajstić information content (AvgIpc) is 3.27. The molecular weight excluding hydrogens is 452 g/mol. The standard InChI is InChI=1S/C20H14N2O2.C10H24S/c23-22(24)20-9-5-4-8-17(20)18-13-21-19-12-15(10-11-16(18)19)14-6-2-1-3-7-14;1-8(2)11(7,9(3)4)10(5)6/h1-13,21H;8-10H,1-7H3. The van der Waals surface area contributed by atoms with Crippen LogP contribution < -0.4 is 0 Å². The molecule has 0 radical (unpaired) electrons. The minimum absolute atomic E-state index is 0.116. The summed E-state index contributed by atoms with van der Waals surface area (Å²) in [5.41, 5.74) is 4.80. The zero-order valence-electron chi connectivity index (χ0n) is 21.9. The third-order valence-electron chi connectivity index (χ3n) is 7.23. The molecule has 1 N–H and O–H groups in total. The van der Waals surface area contributed by atoms with Crippen molar-refractivity contribution in [1.29, 1.82) is 0 Å². The van der Waals surface area contributed by atoms with Gasteiger partial charge in [-0.3, -0.25) is 10.1 Å². The first-order valence-electron chi connectivity index (χ1n) is 12.2. The summed E-state index contributed by atoms with van der Waals surface area (Å²) in [4.78, 5) is 14.2. The van der Waals surface area contributed by atoms with Gasteiger partial charge in [-0.15, -0.1) is 0 Å². The summed E-state index contributed by atoms with van der Waals surface area (Å²) in [5.74, 6) is 0. The lowest BCUT2D eigenvalue weighted by molar-refractivity contribution is -0.384. The molecule has 186 valence electrons. The van der Waals surface area contributed by atoms with Gasteiger partial charge in [0.1, 0.15) is 0 Å². The molecule has 4 nitrogen and oxygen atoms in total. The van der Waals surface area contributed by atoms with Crippen molar-refractivity contribution in [2.24, 2.45) is 0 Å². The van der Waals surface area contributed by atoms with Gasteiger partial charge in [0, 0.05) is 28.7 Å². The average molecular weight is 491 g/mol. The molecule has 1 aromatic heterocycles. The lowest BCUT2D eigenvalue weighted by Crippen LogP contribution is -2.27. The number of fused-ring (bicyclic) bond motifs is 1. The van der Waals surface area contributed by atoms with Gasteiger partial charge in [-0.25, -0.2) is 10.0 Å². The van der Waals surface area contributed by atoms with Crippen LogP contribution in [0.5, 0.6) is 0 Å². The number of aromatic nitrogens is 1. The normalized spacial score (nSPS) is 12.2. The van der Waals surface area contributed by atoms with Crippen molar-refractivity contribution in [3.63, 3.8) is 0 Å².